The van der Waals surface area contributed by atoms with E-state index in [1.165, 1.54) is 7.11 Å². The largest absolute Gasteiger partial charge is 0.504 e. The summed E-state index contributed by atoms with van der Waals surface area (Å²) in [5, 5.41) is 10.3. The third-order valence-electron chi connectivity index (χ3n) is 4.39. The quantitative estimate of drug-likeness (QED) is 0.508. The van der Waals surface area contributed by atoms with Crippen molar-refractivity contribution in [2.75, 3.05) is 14.2 Å². The molecule has 0 aliphatic rings. The van der Waals surface area contributed by atoms with Gasteiger partial charge in [-0.1, -0.05) is 6.07 Å². The number of ether oxygens (including phenoxy) is 1. The molecule has 166 valence electrons. The van der Waals surface area contributed by atoms with Crippen LogP contribution in [0.15, 0.2) is 36.7 Å². The molecular weight excluding hydrogens is 403 g/mol. The summed E-state index contributed by atoms with van der Waals surface area (Å²) in [6, 6.07) is 7.30. The van der Waals surface area contributed by atoms with Crippen LogP contribution in [0.4, 0.5) is 0 Å². The van der Waals surface area contributed by atoms with Gasteiger partial charge in [0.05, 0.1) is 19.3 Å². The Morgan fingerprint density at radius 1 is 1.17 bits per heavy atom. The fraction of sp³-hybridized carbons (Fsp3) is 0.500. The summed E-state index contributed by atoms with van der Waals surface area (Å²) in [4.78, 5) is 6.09. The third kappa shape index (κ3) is 6.05. The predicted octanol–water partition coefficient (Wildman–Crippen LogP) is 5.28. The van der Waals surface area contributed by atoms with Gasteiger partial charge in [0.25, 0.3) is 0 Å². The number of hydrogen-bond acceptors (Lipinski definition) is 7. The minimum atomic E-state index is -3.65. The van der Waals surface area contributed by atoms with Crippen molar-refractivity contribution in [3.8, 4) is 11.5 Å². The average Bonchev–Trinajstić information content (AvgIpc) is 2.63. The topological polar surface area (TPSA) is 81.1 Å². The van der Waals surface area contributed by atoms with E-state index in [1.54, 1.807) is 31.5 Å². The molecule has 1 atom stereocenters. The molecule has 0 aliphatic carbocycles. The minimum absolute atomic E-state index is 0.0549. The lowest BCUT2D eigenvalue weighted by Gasteiger charge is -2.36. The number of phenols is 1. The van der Waals surface area contributed by atoms with Crippen molar-refractivity contribution in [3.63, 3.8) is 0 Å². The van der Waals surface area contributed by atoms with Crippen LogP contribution in [0.5, 0.6) is 11.5 Å². The van der Waals surface area contributed by atoms with E-state index in [0.29, 0.717) is 23.4 Å². The fourth-order valence-corrected chi connectivity index (χ4v) is 5.89. The third-order valence-corrected chi connectivity index (χ3v) is 7.12. The van der Waals surface area contributed by atoms with Crippen molar-refractivity contribution in [1.82, 2.24) is 9.88 Å². The maximum absolute atomic E-state index is 14.2. The molecule has 1 aromatic carbocycles. The first-order valence-electron chi connectivity index (χ1n) is 10.0. The Hall–Kier alpha value is -1.92. The monoisotopic (exact) mass is 436 g/mol. The molecule has 1 unspecified atom stereocenters. The van der Waals surface area contributed by atoms with Crippen LogP contribution in [-0.4, -0.2) is 41.4 Å². The number of aromatic nitrogens is 1. The zero-order chi connectivity index (χ0) is 22.5. The lowest BCUT2D eigenvalue weighted by Crippen LogP contribution is -2.28. The number of nitrogens with zero attached hydrogens (tertiary/aromatic N) is 2. The summed E-state index contributed by atoms with van der Waals surface area (Å²) in [6.07, 6.45) is 2.88. The van der Waals surface area contributed by atoms with E-state index in [4.69, 9.17) is 13.8 Å². The standard InChI is InChI=1S/C22H33N2O5P/c1-15(2)28-30(26,29-16(3)4)22(24(6)14-18-9-8-10-23-13-18)19-11-17(5)21(25)20(12-19)27-7/h8-13,15-16,22,25H,14H2,1-7H3. The second kappa shape index (κ2) is 10.4. The molecule has 0 bridgehead atoms. The first-order valence-corrected chi connectivity index (χ1v) is 11.6. The highest BCUT2D eigenvalue weighted by Gasteiger charge is 2.42. The number of phenolic OH excluding ortho intramolecular Hbond substituents is 1. The van der Waals surface area contributed by atoms with Gasteiger partial charge in [0.15, 0.2) is 11.5 Å². The summed E-state index contributed by atoms with van der Waals surface area (Å²) in [5.41, 5.74) is 2.26. The Bertz CT molecular complexity index is 859. The Morgan fingerprint density at radius 3 is 2.30 bits per heavy atom. The number of rotatable bonds is 10. The Morgan fingerprint density at radius 2 is 1.80 bits per heavy atom. The van der Waals surface area contributed by atoms with Gasteiger partial charge in [-0.2, -0.15) is 0 Å². The number of benzene rings is 1. The summed E-state index contributed by atoms with van der Waals surface area (Å²) in [6.45, 7) is 9.58. The Kier molecular flexibility index (Phi) is 8.44. The first kappa shape index (κ1) is 24.4. The number of hydrogen-bond donors (Lipinski definition) is 1. The summed E-state index contributed by atoms with van der Waals surface area (Å²) >= 11 is 0. The minimum Gasteiger partial charge on any atom is -0.504 e. The van der Waals surface area contributed by atoms with Crippen LogP contribution in [0.3, 0.4) is 0 Å². The zero-order valence-corrected chi connectivity index (χ0v) is 19.7. The fourth-order valence-electron chi connectivity index (χ4n) is 3.35. The van der Waals surface area contributed by atoms with Gasteiger partial charge in [-0.05, 0) is 76.6 Å². The number of pyridine rings is 1. The van der Waals surface area contributed by atoms with Crippen molar-refractivity contribution >= 4 is 7.60 Å². The highest BCUT2D eigenvalue weighted by Crippen LogP contribution is 2.64. The molecule has 7 nitrogen and oxygen atoms in total. The van der Waals surface area contributed by atoms with Gasteiger partial charge in [0, 0.05) is 18.9 Å². The molecule has 30 heavy (non-hydrogen) atoms. The van der Waals surface area contributed by atoms with Crippen molar-refractivity contribution in [2.45, 2.75) is 59.2 Å². The van der Waals surface area contributed by atoms with E-state index in [2.05, 4.69) is 4.98 Å². The summed E-state index contributed by atoms with van der Waals surface area (Å²) < 4.78 is 31.4. The molecule has 0 aliphatic heterocycles. The molecule has 0 spiro atoms. The second-order valence-corrected chi connectivity index (χ2v) is 9.88. The van der Waals surface area contributed by atoms with Crippen molar-refractivity contribution < 1.29 is 23.5 Å². The maximum Gasteiger partial charge on any atom is 0.352 e. The predicted molar refractivity (Wildman–Crippen MR) is 118 cm³/mol. The van der Waals surface area contributed by atoms with Crippen molar-refractivity contribution in [3.05, 3.63) is 53.3 Å². The molecule has 2 rings (SSSR count). The van der Waals surface area contributed by atoms with Crippen molar-refractivity contribution in [2.24, 2.45) is 0 Å². The van der Waals surface area contributed by atoms with Crippen LogP contribution in [0.2, 0.25) is 0 Å². The van der Waals surface area contributed by atoms with E-state index >= 15 is 0 Å². The van der Waals surface area contributed by atoms with Gasteiger partial charge >= 0.3 is 7.60 Å². The molecule has 1 heterocycles. The average molecular weight is 436 g/mol. The van der Waals surface area contributed by atoms with Crippen LogP contribution >= 0.6 is 7.60 Å². The molecule has 1 N–H and O–H groups in total. The van der Waals surface area contributed by atoms with E-state index in [-0.39, 0.29) is 18.0 Å². The molecule has 0 saturated heterocycles. The van der Waals surface area contributed by atoms with Gasteiger partial charge in [-0.15, -0.1) is 0 Å². The van der Waals surface area contributed by atoms with Gasteiger partial charge < -0.3 is 18.9 Å². The molecule has 1 aromatic heterocycles. The molecule has 8 heteroatoms. The van der Waals surface area contributed by atoms with Crippen molar-refractivity contribution in [1.29, 1.82) is 0 Å². The number of aryl methyl sites for hydroxylation is 1. The smallest absolute Gasteiger partial charge is 0.352 e. The Labute approximate surface area is 179 Å². The second-order valence-electron chi connectivity index (χ2n) is 7.89. The van der Waals surface area contributed by atoms with Crippen LogP contribution in [0, 0.1) is 6.92 Å². The van der Waals surface area contributed by atoms with Crippen LogP contribution in [0.25, 0.3) is 0 Å². The van der Waals surface area contributed by atoms with E-state index in [1.807, 2.05) is 51.8 Å². The SMILES string of the molecule is COc1cc(C(N(C)Cc2cccnc2)P(=O)(OC(C)C)OC(C)C)cc(C)c1O. The molecule has 0 amide bonds. The van der Waals surface area contributed by atoms with E-state index in [9.17, 15) is 9.67 Å². The molecule has 2 aromatic rings. The van der Waals surface area contributed by atoms with Gasteiger partial charge in [-0.25, -0.2) is 0 Å². The molecule has 0 saturated carbocycles. The number of methoxy groups -OCH3 is 1. The molecule has 0 radical (unpaired) electrons. The summed E-state index contributed by atoms with van der Waals surface area (Å²) in [7, 11) is -0.299. The summed E-state index contributed by atoms with van der Waals surface area (Å²) in [5.74, 6) is -0.347. The van der Waals surface area contributed by atoms with Gasteiger partial charge in [0.1, 0.15) is 5.78 Å². The van der Waals surface area contributed by atoms with Crippen LogP contribution in [-0.2, 0) is 20.2 Å². The van der Waals surface area contributed by atoms with Gasteiger partial charge in [-0.3, -0.25) is 14.4 Å². The normalized spacial score (nSPS) is 13.3. The van der Waals surface area contributed by atoms with Crippen LogP contribution in [0.1, 0.15) is 50.2 Å². The highest BCUT2D eigenvalue weighted by molar-refractivity contribution is 7.54. The van der Waals surface area contributed by atoms with E-state index in [0.717, 1.165) is 5.56 Å². The van der Waals surface area contributed by atoms with E-state index < -0.39 is 13.4 Å². The maximum atomic E-state index is 14.2. The highest BCUT2D eigenvalue weighted by atomic mass is 31.2. The lowest BCUT2D eigenvalue weighted by molar-refractivity contribution is 0.116. The molecular formula is C22H33N2O5P. The van der Waals surface area contributed by atoms with Gasteiger partial charge in [0.2, 0.25) is 0 Å². The zero-order valence-electron chi connectivity index (χ0n) is 18.8. The Balaban J connectivity index is 2.61. The number of aromatic hydroxyl groups is 1. The first-order chi connectivity index (χ1) is 14.1. The van der Waals surface area contributed by atoms with Crippen LogP contribution < -0.4 is 4.74 Å². The lowest BCUT2D eigenvalue weighted by atomic mass is 10.1. The molecule has 0 fully saturated rings.